The van der Waals surface area contributed by atoms with Crippen molar-refractivity contribution >= 4 is 39.5 Å². The van der Waals surface area contributed by atoms with Crippen molar-refractivity contribution in [2.45, 2.75) is 490 Å². The number of phosphoric acid groups is 2. The first-order valence-electron chi connectivity index (χ1n) is 45.5. The lowest BCUT2D eigenvalue weighted by Crippen LogP contribution is -2.30. The summed E-state index contributed by atoms with van der Waals surface area (Å²) in [5.74, 6) is -0.500. The Morgan fingerprint density at radius 1 is 0.271 bits per heavy atom. The number of ether oxygens (including phenoxy) is 4. The minimum absolute atomic E-state index is 0.108. The van der Waals surface area contributed by atoms with Gasteiger partial charge in [0.25, 0.3) is 0 Å². The molecule has 0 radical (unpaired) electrons. The SMILES string of the molecule is CCCCCCCCCCCCCCCCCCCCC(=O)OC[C@H](COP(=O)(O)OC[C@@H](O)COP(=O)(O)OC[C@@H](COC(=O)CCCCCCCCCCC(C)CC)OC(=O)CCCCCCCCCCCCCCCCCC)OC(=O)CCCCCCCCCCCCCCCCCCCCC(C)C. The molecule has 3 N–H and O–H groups in total. The number of esters is 4. The molecular weight excluding hydrogens is 1390 g/mol. The van der Waals surface area contributed by atoms with E-state index >= 15 is 0 Å². The van der Waals surface area contributed by atoms with E-state index in [1.165, 1.54) is 289 Å². The Labute approximate surface area is 658 Å². The van der Waals surface area contributed by atoms with Crippen molar-refractivity contribution in [2.75, 3.05) is 39.6 Å². The Hall–Kier alpha value is -1.94. The third-order valence-corrected chi connectivity index (χ3v) is 23.0. The molecule has 636 valence electrons. The van der Waals surface area contributed by atoms with Crippen molar-refractivity contribution < 1.29 is 80.2 Å². The Bertz CT molecular complexity index is 2050. The quantitative estimate of drug-likeness (QED) is 0.0222. The largest absolute Gasteiger partial charge is 0.472 e. The van der Waals surface area contributed by atoms with Crippen LogP contribution in [0, 0.1) is 11.8 Å². The van der Waals surface area contributed by atoms with E-state index in [0.717, 1.165) is 102 Å². The van der Waals surface area contributed by atoms with Crippen LogP contribution in [0.4, 0.5) is 0 Å². The summed E-state index contributed by atoms with van der Waals surface area (Å²) >= 11 is 0. The van der Waals surface area contributed by atoms with E-state index in [4.69, 9.17) is 37.0 Å². The molecule has 0 aromatic heterocycles. The Morgan fingerprint density at radius 3 is 0.710 bits per heavy atom. The molecule has 0 rings (SSSR count). The molecule has 0 saturated carbocycles. The minimum Gasteiger partial charge on any atom is -0.462 e. The van der Waals surface area contributed by atoms with Crippen molar-refractivity contribution in [1.29, 1.82) is 0 Å². The van der Waals surface area contributed by atoms with E-state index in [0.29, 0.717) is 25.7 Å². The van der Waals surface area contributed by atoms with Gasteiger partial charge in [0.1, 0.15) is 19.3 Å². The van der Waals surface area contributed by atoms with Gasteiger partial charge in [-0.1, -0.05) is 420 Å². The van der Waals surface area contributed by atoms with Crippen LogP contribution in [0.2, 0.25) is 0 Å². The summed E-state index contributed by atoms with van der Waals surface area (Å²) in [6.07, 6.45) is 72.1. The lowest BCUT2D eigenvalue weighted by molar-refractivity contribution is -0.161. The summed E-state index contributed by atoms with van der Waals surface area (Å²) in [6, 6.07) is 0. The lowest BCUT2D eigenvalue weighted by Gasteiger charge is -2.21. The van der Waals surface area contributed by atoms with Crippen LogP contribution in [0.15, 0.2) is 0 Å². The normalized spacial score (nSPS) is 14.0. The zero-order chi connectivity index (χ0) is 78.5. The molecule has 0 fully saturated rings. The van der Waals surface area contributed by atoms with Crippen LogP contribution in [0.1, 0.15) is 472 Å². The van der Waals surface area contributed by atoms with Crippen LogP contribution in [0.25, 0.3) is 0 Å². The van der Waals surface area contributed by atoms with Gasteiger partial charge in [-0.05, 0) is 37.5 Å². The van der Waals surface area contributed by atoms with Crippen molar-refractivity contribution in [3.05, 3.63) is 0 Å². The first-order valence-corrected chi connectivity index (χ1v) is 48.5. The highest BCUT2D eigenvalue weighted by molar-refractivity contribution is 7.47. The molecule has 0 aliphatic heterocycles. The number of aliphatic hydroxyl groups excluding tert-OH is 1. The molecule has 107 heavy (non-hydrogen) atoms. The lowest BCUT2D eigenvalue weighted by atomic mass is 9.99. The number of rotatable bonds is 87. The van der Waals surface area contributed by atoms with E-state index in [2.05, 4.69) is 41.5 Å². The van der Waals surface area contributed by atoms with Crippen LogP contribution in [0.5, 0.6) is 0 Å². The fourth-order valence-corrected chi connectivity index (χ4v) is 15.3. The fourth-order valence-electron chi connectivity index (χ4n) is 13.7. The van der Waals surface area contributed by atoms with Crippen LogP contribution in [-0.2, 0) is 65.4 Å². The van der Waals surface area contributed by atoms with Crippen LogP contribution in [-0.4, -0.2) is 96.7 Å². The number of phosphoric ester groups is 2. The molecule has 0 aliphatic rings. The third kappa shape index (κ3) is 80.5. The first-order chi connectivity index (χ1) is 51.9. The zero-order valence-corrected chi connectivity index (χ0v) is 72.2. The van der Waals surface area contributed by atoms with E-state index in [1.54, 1.807) is 0 Å². The summed E-state index contributed by atoms with van der Waals surface area (Å²) in [7, 11) is -9.93. The summed E-state index contributed by atoms with van der Waals surface area (Å²) < 4.78 is 69.0. The maximum atomic E-state index is 13.2. The highest BCUT2D eigenvalue weighted by Crippen LogP contribution is 2.45. The van der Waals surface area contributed by atoms with Crippen molar-refractivity contribution in [3.63, 3.8) is 0 Å². The van der Waals surface area contributed by atoms with Crippen molar-refractivity contribution in [2.24, 2.45) is 11.8 Å². The monoisotopic (exact) mass is 1560 g/mol. The van der Waals surface area contributed by atoms with Gasteiger partial charge in [-0.15, -0.1) is 0 Å². The summed E-state index contributed by atoms with van der Waals surface area (Å²) in [4.78, 5) is 73.3. The molecule has 6 atom stereocenters. The fraction of sp³-hybridized carbons (Fsp3) is 0.955. The van der Waals surface area contributed by atoms with Gasteiger partial charge in [-0.2, -0.15) is 0 Å². The molecule has 0 spiro atoms. The average Bonchev–Trinajstić information content (AvgIpc) is 1.21. The molecule has 0 saturated heterocycles. The Kier molecular flexibility index (Phi) is 77.9. The minimum atomic E-state index is -4.97. The molecule has 3 unspecified atom stereocenters. The van der Waals surface area contributed by atoms with Gasteiger partial charge < -0.3 is 33.8 Å². The third-order valence-electron chi connectivity index (χ3n) is 21.1. The molecule has 0 aromatic carbocycles. The maximum absolute atomic E-state index is 13.2. The molecule has 0 aromatic rings. The van der Waals surface area contributed by atoms with E-state index in [1.807, 2.05) is 0 Å². The van der Waals surface area contributed by atoms with Gasteiger partial charge in [-0.3, -0.25) is 37.3 Å². The molecule has 19 heteroatoms. The number of aliphatic hydroxyl groups is 1. The van der Waals surface area contributed by atoms with E-state index in [9.17, 15) is 43.2 Å². The summed E-state index contributed by atoms with van der Waals surface area (Å²) in [5.41, 5.74) is 0. The number of hydrogen-bond acceptors (Lipinski definition) is 15. The maximum Gasteiger partial charge on any atom is 0.472 e. The highest BCUT2D eigenvalue weighted by atomic mass is 31.2. The predicted octanol–water partition coefficient (Wildman–Crippen LogP) is 27.0. The van der Waals surface area contributed by atoms with E-state index < -0.39 is 97.5 Å². The van der Waals surface area contributed by atoms with Gasteiger partial charge in [0, 0.05) is 25.7 Å². The van der Waals surface area contributed by atoms with Crippen LogP contribution >= 0.6 is 15.6 Å². The Morgan fingerprint density at radius 2 is 0.477 bits per heavy atom. The number of carbonyl (C=O) groups excluding carboxylic acids is 4. The standard InChI is InChI=1S/C88H172O17P2/c1-7-10-12-14-16-18-20-22-24-26-30-34-37-41-45-52-58-64-70-85(90)98-76-83(104-87(92)73-67-61-55-47-43-39-35-31-28-27-29-32-36-40-44-50-56-62-68-80(4)5)78-102-106(94,95)100-74-82(89)75-101-107(96,97)103-79-84(77-99-86(91)71-65-59-53-49-48-51-57-63-69-81(6)9-3)105-88(93)72-66-60-54-46-42-38-33-25-23-21-19-17-15-13-11-8-2/h80-84,89H,7-79H2,1-6H3,(H,94,95)(H,96,97)/t81?,82-,83-,84-/m1/s1. The first kappa shape index (κ1) is 105. The topological polar surface area (TPSA) is 237 Å². The number of hydrogen-bond donors (Lipinski definition) is 3. The average molecular weight is 1560 g/mol. The van der Waals surface area contributed by atoms with Crippen LogP contribution in [0.3, 0.4) is 0 Å². The second kappa shape index (κ2) is 79.3. The molecule has 0 bridgehead atoms. The van der Waals surface area contributed by atoms with Crippen LogP contribution < -0.4 is 0 Å². The molecule has 17 nitrogen and oxygen atoms in total. The van der Waals surface area contributed by atoms with Crippen molar-refractivity contribution in [3.8, 4) is 0 Å². The molecular formula is C88H172O17P2. The second-order valence-corrected chi connectivity index (χ2v) is 35.3. The van der Waals surface area contributed by atoms with Gasteiger partial charge in [-0.25, -0.2) is 9.13 Å². The molecule has 0 heterocycles. The molecule has 0 amide bonds. The van der Waals surface area contributed by atoms with Crippen molar-refractivity contribution in [1.82, 2.24) is 0 Å². The predicted molar refractivity (Wildman–Crippen MR) is 442 cm³/mol. The van der Waals surface area contributed by atoms with E-state index in [-0.39, 0.29) is 25.7 Å². The highest BCUT2D eigenvalue weighted by Gasteiger charge is 2.31. The molecule has 0 aliphatic carbocycles. The number of carbonyl (C=O) groups is 4. The smallest absolute Gasteiger partial charge is 0.462 e. The number of unbranched alkanes of at least 4 members (excludes halogenated alkanes) is 56. The Balaban J connectivity index is 5.25. The second-order valence-electron chi connectivity index (χ2n) is 32.4. The van der Waals surface area contributed by atoms with Gasteiger partial charge in [0.05, 0.1) is 26.4 Å². The van der Waals surface area contributed by atoms with Gasteiger partial charge in [0.2, 0.25) is 0 Å². The summed E-state index contributed by atoms with van der Waals surface area (Å²) in [5, 5.41) is 10.7. The van der Waals surface area contributed by atoms with Gasteiger partial charge >= 0.3 is 39.5 Å². The van der Waals surface area contributed by atoms with Gasteiger partial charge in [0.15, 0.2) is 12.2 Å². The summed E-state index contributed by atoms with van der Waals surface area (Å²) in [6.45, 7) is 9.73. The zero-order valence-electron chi connectivity index (χ0n) is 70.5.